The number of rotatable bonds is 3. The van der Waals surface area contributed by atoms with E-state index in [0.29, 0.717) is 30.2 Å². The predicted octanol–water partition coefficient (Wildman–Crippen LogP) is 2.53. The highest BCUT2D eigenvalue weighted by Gasteiger charge is 2.72. The third-order valence-electron chi connectivity index (χ3n) is 4.89. The molecule has 2 amide bonds. The summed E-state index contributed by atoms with van der Waals surface area (Å²) in [5.74, 6) is 0.651. The van der Waals surface area contributed by atoms with E-state index in [-0.39, 0.29) is 19.1 Å². The minimum Gasteiger partial charge on any atom is -0.454 e. The summed E-state index contributed by atoms with van der Waals surface area (Å²) in [7, 11) is 1.56. The predicted molar refractivity (Wildman–Crippen MR) is 93.7 cm³/mol. The molecule has 0 bridgehead atoms. The van der Waals surface area contributed by atoms with Crippen molar-refractivity contribution in [1.82, 2.24) is 4.90 Å². The lowest BCUT2D eigenvalue weighted by Gasteiger charge is -2.26. The van der Waals surface area contributed by atoms with E-state index in [1.165, 1.54) is 4.90 Å². The summed E-state index contributed by atoms with van der Waals surface area (Å²) < 4.78 is 9.35. The molecule has 1 aliphatic carbocycles. The first kappa shape index (κ1) is 17.1. The number of anilines is 1. The topological polar surface area (TPSA) is 59.1 Å². The molecule has 0 radical (unpaired) electrons. The van der Waals surface area contributed by atoms with Gasteiger partial charge in [0.25, 0.3) is 0 Å². The summed E-state index contributed by atoms with van der Waals surface area (Å²) in [6, 6.07) is 4.72. The molecule has 0 spiro atoms. The van der Waals surface area contributed by atoms with E-state index in [0.717, 1.165) is 0 Å². The smallest absolute Gasteiger partial charge is 0.249 e. The number of amides is 2. The van der Waals surface area contributed by atoms with Gasteiger partial charge in [-0.3, -0.25) is 9.59 Å². The highest BCUT2D eigenvalue weighted by atomic mass is 35.5. The van der Waals surface area contributed by atoms with Gasteiger partial charge >= 0.3 is 0 Å². The van der Waals surface area contributed by atoms with Crippen LogP contribution < -0.4 is 14.4 Å². The van der Waals surface area contributed by atoms with Gasteiger partial charge in [0.05, 0.1) is 0 Å². The minimum absolute atomic E-state index is 0.167. The summed E-state index contributed by atoms with van der Waals surface area (Å²) in [4.78, 5) is 27.0. The Morgan fingerprint density at radius 3 is 2.64 bits per heavy atom. The largest absolute Gasteiger partial charge is 0.454 e. The van der Waals surface area contributed by atoms with E-state index in [1.54, 1.807) is 30.1 Å². The number of carbonyl (C=O) groups is 2. The Labute approximate surface area is 159 Å². The van der Waals surface area contributed by atoms with E-state index in [9.17, 15) is 9.59 Å². The lowest BCUT2D eigenvalue weighted by Crippen LogP contribution is -2.47. The van der Waals surface area contributed by atoms with E-state index in [1.807, 2.05) is 0 Å². The summed E-state index contributed by atoms with van der Waals surface area (Å²) in [6.07, 6.45) is 0.667. The van der Waals surface area contributed by atoms with Crippen molar-refractivity contribution in [2.75, 3.05) is 25.3 Å². The Morgan fingerprint density at radius 1 is 1.28 bits per heavy atom. The van der Waals surface area contributed by atoms with Gasteiger partial charge in [-0.1, -0.05) is 23.2 Å². The zero-order valence-electron chi connectivity index (χ0n) is 13.3. The first-order chi connectivity index (χ1) is 11.7. The van der Waals surface area contributed by atoms with Gasteiger partial charge in [-0.15, -0.1) is 11.6 Å². The fourth-order valence-corrected chi connectivity index (χ4v) is 4.28. The van der Waals surface area contributed by atoms with Crippen LogP contribution in [0.2, 0.25) is 0 Å². The Bertz CT molecular complexity index is 772. The van der Waals surface area contributed by atoms with Crippen molar-refractivity contribution in [3.8, 4) is 11.5 Å². The molecule has 1 saturated carbocycles. The number of halogens is 3. The SMILES string of the molecule is CN(C(=O)C1(Cl)CC1(Cl)Cl)C1CCN(c2ccc3c(c2)OCO3)C1=O. The molecule has 9 heteroatoms. The quantitative estimate of drug-likeness (QED) is 0.725. The van der Waals surface area contributed by atoms with Gasteiger partial charge < -0.3 is 19.3 Å². The van der Waals surface area contributed by atoms with Crippen LogP contribution in [0.5, 0.6) is 11.5 Å². The molecule has 0 aromatic heterocycles. The van der Waals surface area contributed by atoms with Gasteiger partial charge in [0, 0.05) is 31.8 Å². The van der Waals surface area contributed by atoms with E-state index < -0.39 is 21.2 Å². The third-order valence-corrected chi connectivity index (χ3v) is 6.62. The second kappa shape index (κ2) is 5.56. The van der Waals surface area contributed by atoms with Gasteiger partial charge in [0.15, 0.2) is 16.4 Å². The molecule has 2 atom stereocenters. The van der Waals surface area contributed by atoms with Gasteiger partial charge in [0.1, 0.15) is 10.4 Å². The number of benzene rings is 1. The Morgan fingerprint density at radius 2 is 1.96 bits per heavy atom. The first-order valence-electron chi connectivity index (χ1n) is 7.80. The van der Waals surface area contributed by atoms with E-state index in [4.69, 9.17) is 44.3 Å². The standard InChI is InChI=1S/C16H15Cl3N2O4/c1-20(14(23)15(17)7-16(15,18)19)10-4-5-21(13(10)22)9-2-3-11-12(6-9)25-8-24-11/h2-3,6,10H,4-5,7-8H2,1H3. The van der Waals surface area contributed by atoms with Crippen molar-refractivity contribution in [3.63, 3.8) is 0 Å². The molecule has 25 heavy (non-hydrogen) atoms. The number of nitrogens with zero attached hydrogens (tertiary/aromatic N) is 2. The Balaban J connectivity index is 1.51. The average molecular weight is 406 g/mol. The van der Waals surface area contributed by atoms with Crippen molar-refractivity contribution < 1.29 is 19.1 Å². The molecular formula is C16H15Cl3N2O4. The third kappa shape index (κ3) is 2.54. The molecule has 6 nitrogen and oxygen atoms in total. The second-order valence-corrected chi connectivity index (χ2v) is 8.56. The molecule has 2 aliphatic heterocycles. The van der Waals surface area contributed by atoms with Gasteiger partial charge in [-0.25, -0.2) is 0 Å². The minimum atomic E-state index is -1.35. The van der Waals surface area contributed by atoms with Crippen molar-refractivity contribution in [3.05, 3.63) is 18.2 Å². The molecule has 4 rings (SSSR count). The van der Waals surface area contributed by atoms with Crippen LogP contribution in [0, 0.1) is 0 Å². The van der Waals surface area contributed by atoms with Crippen LogP contribution in [0.4, 0.5) is 5.69 Å². The fraction of sp³-hybridized carbons (Fsp3) is 0.500. The zero-order valence-corrected chi connectivity index (χ0v) is 15.6. The van der Waals surface area contributed by atoms with Crippen LogP contribution in [0.3, 0.4) is 0 Å². The normalized spacial score (nSPS) is 29.0. The van der Waals surface area contributed by atoms with E-state index >= 15 is 0 Å². The Kier molecular flexibility index (Phi) is 3.80. The lowest BCUT2D eigenvalue weighted by atomic mass is 10.2. The number of carbonyl (C=O) groups excluding carboxylic acids is 2. The summed E-state index contributed by atoms with van der Waals surface area (Å²) in [5.41, 5.74) is 0.702. The molecule has 3 aliphatic rings. The maximum atomic E-state index is 12.8. The number of ether oxygens (including phenoxy) is 2. The van der Waals surface area contributed by atoms with Crippen LogP contribution in [-0.2, 0) is 9.59 Å². The highest BCUT2D eigenvalue weighted by Crippen LogP contribution is 2.62. The van der Waals surface area contributed by atoms with Crippen LogP contribution >= 0.6 is 34.8 Å². The monoisotopic (exact) mass is 404 g/mol. The van der Waals surface area contributed by atoms with Gasteiger partial charge in [0.2, 0.25) is 18.6 Å². The molecule has 1 saturated heterocycles. The molecule has 134 valence electrons. The second-order valence-electron chi connectivity index (χ2n) is 6.43. The van der Waals surface area contributed by atoms with Crippen LogP contribution in [0.15, 0.2) is 18.2 Å². The van der Waals surface area contributed by atoms with Crippen LogP contribution in [0.1, 0.15) is 12.8 Å². The maximum absolute atomic E-state index is 12.8. The van der Waals surface area contributed by atoms with E-state index in [2.05, 4.69) is 0 Å². The van der Waals surface area contributed by atoms with Crippen molar-refractivity contribution in [2.24, 2.45) is 0 Å². The van der Waals surface area contributed by atoms with Gasteiger partial charge in [-0.05, 0) is 18.6 Å². The number of likely N-dealkylation sites (N-methyl/N-ethyl adjacent to an activating group) is 1. The zero-order chi connectivity index (χ0) is 18.0. The number of fused-ring (bicyclic) bond motifs is 1. The van der Waals surface area contributed by atoms with Crippen molar-refractivity contribution in [2.45, 2.75) is 28.1 Å². The van der Waals surface area contributed by atoms with Crippen molar-refractivity contribution in [1.29, 1.82) is 0 Å². The fourth-order valence-electron chi connectivity index (χ4n) is 3.25. The highest BCUT2D eigenvalue weighted by molar-refractivity contribution is 6.62. The average Bonchev–Trinajstić information content (AvgIpc) is 2.96. The number of hydrogen-bond donors (Lipinski definition) is 0. The molecule has 2 fully saturated rings. The maximum Gasteiger partial charge on any atom is 0.249 e. The first-order valence-corrected chi connectivity index (χ1v) is 8.93. The summed E-state index contributed by atoms with van der Waals surface area (Å²) in [6.45, 7) is 0.659. The molecule has 1 aromatic rings. The van der Waals surface area contributed by atoms with Crippen LogP contribution in [0.25, 0.3) is 0 Å². The van der Waals surface area contributed by atoms with Gasteiger partial charge in [-0.2, -0.15) is 0 Å². The summed E-state index contributed by atoms with van der Waals surface area (Å²) >= 11 is 18.2. The number of alkyl halides is 3. The molecule has 2 unspecified atom stereocenters. The number of hydrogen-bond acceptors (Lipinski definition) is 4. The molecule has 1 aromatic carbocycles. The summed E-state index contributed by atoms with van der Waals surface area (Å²) in [5, 5.41) is 0. The molecule has 2 heterocycles. The van der Waals surface area contributed by atoms with Crippen molar-refractivity contribution >= 4 is 52.3 Å². The lowest BCUT2D eigenvalue weighted by molar-refractivity contribution is -0.137. The molecule has 0 N–H and O–H groups in total. The Hall–Kier alpha value is -1.37. The molecular weight excluding hydrogens is 391 g/mol. The van der Waals surface area contributed by atoms with Crippen LogP contribution in [-0.4, -0.2) is 52.3 Å².